The number of nitrogens with two attached hydrogens (primary N) is 1. The van der Waals surface area contributed by atoms with Crippen LogP contribution in [0.2, 0.25) is 0 Å². The molecule has 0 saturated heterocycles. The predicted octanol–water partition coefficient (Wildman–Crippen LogP) is -0.0944. The van der Waals surface area contributed by atoms with Gasteiger partial charge in [-0.25, -0.2) is 10.1 Å². The van der Waals surface area contributed by atoms with Crippen LogP contribution in [0.25, 0.3) is 0 Å². The predicted molar refractivity (Wildman–Crippen MR) is 54.3 cm³/mol. The molecule has 0 radical (unpaired) electrons. The molecule has 9 nitrogen and oxygen atoms in total. The number of hydrogen-bond donors (Lipinski definition) is 3. The number of anilines is 1. The zero-order chi connectivity index (χ0) is 12.8. The van der Waals surface area contributed by atoms with Crippen LogP contribution in [0.1, 0.15) is 0 Å². The summed E-state index contributed by atoms with van der Waals surface area (Å²) in [4.78, 5) is 10.1. The van der Waals surface area contributed by atoms with E-state index in [1.54, 1.807) is 30.3 Å². The number of nitro groups is 1. The normalized spacial score (nSPS) is 9.94. The maximum atomic E-state index is 10.1. The van der Waals surface area contributed by atoms with Crippen LogP contribution in [0.4, 0.5) is 5.69 Å². The first kappa shape index (κ1) is 14.2. The van der Waals surface area contributed by atoms with Crippen LogP contribution >= 0.6 is 0 Å². The molecule has 4 N–H and O–H groups in total. The van der Waals surface area contributed by atoms with Gasteiger partial charge in [0.15, 0.2) is 5.03 Å². The van der Waals surface area contributed by atoms with Crippen molar-refractivity contribution in [3.05, 3.63) is 40.4 Å². The third-order valence-electron chi connectivity index (χ3n) is 1.20. The highest BCUT2D eigenvalue weighted by molar-refractivity contribution is 7.79. The molecule has 0 amide bonds. The van der Waals surface area contributed by atoms with Gasteiger partial charge in [0.25, 0.3) is 0 Å². The van der Waals surface area contributed by atoms with Gasteiger partial charge in [-0.3, -0.25) is 9.11 Å². The van der Waals surface area contributed by atoms with Crippen molar-refractivity contribution in [2.24, 2.45) is 5.84 Å². The zero-order valence-corrected chi connectivity index (χ0v) is 8.61. The van der Waals surface area contributed by atoms with Crippen molar-refractivity contribution >= 4 is 16.1 Å². The van der Waals surface area contributed by atoms with E-state index in [1.807, 2.05) is 0 Å². The summed E-state index contributed by atoms with van der Waals surface area (Å²) in [5.74, 6) is 5.07. The summed E-state index contributed by atoms with van der Waals surface area (Å²) in [5.41, 5.74) is 0.359. The molecule has 16 heavy (non-hydrogen) atoms. The molecular formula is C6H9N3O6S. The van der Waals surface area contributed by atoms with E-state index in [9.17, 15) is 10.1 Å². The van der Waals surface area contributed by atoms with Crippen molar-refractivity contribution in [3.63, 3.8) is 0 Å². The third kappa shape index (κ3) is 7.64. The molecule has 0 aliphatic rings. The number of rotatable bonds is 2. The second-order valence-corrected chi connectivity index (χ2v) is 3.26. The Morgan fingerprint density at radius 2 is 1.62 bits per heavy atom. The van der Waals surface area contributed by atoms with Gasteiger partial charge in [-0.05, 0) is 17.3 Å². The summed E-state index contributed by atoms with van der Waals surface area (Å²) in [7, 11) is -4.67. The fourth-order valence-corrected chi connectivity index (χ4v) is 0.675. The number of hydrogen-bond acceptors (Lipinski definition) is 5. The average Bonchev–Trinajstić information content (AvgIpc) is 2.15. The highest BCUT2D eigenvalue weighted by atomic mass is 32.3. The molecule has 0 aliphatic heterocycles. The van der Waals surface area contributed by atoms with Gasteiger partial charge in [0.2, 0.25) is 0 Å². The lowest BCUT2D eigenvalue weighted by Gasteiger charge is -2.05. The summed E-state index contributed by atoms with van der Waals surface area (Å²) < 4.78 is 31.6. The molecule has 90 valence electrons. The summed E-state index contributed by atoms with van der Waals surface area (Å²) >= 11 is 0. The van der Waals surface area contributed by atoms with Gasteiger partial charge >= 0.3 is 10.4 Å². The van der Waals surface area contributed by atoms with Gasteiger partial charge in [-0.2, -0.15) is 14.3 Å². The molecule has 0 heterocycles. The Balaban J connectivity index is 0.000000385. The Bertz CT molecular complexity index is 425. The Morgan fingerprint density at radius 1 is 1.25 bits per heavy atom. The van der Waals surface area contributed by atoms with Crippen LogP contribution in [0.3, 0.4) is 0 Å². The number of nitrogens with zero attached hydrogens (tertiary/aromatic N) is 2. The average molecular weight is 251 g/mol. The molecule has 0 unspecified atom stereocenters. The quantitative estimate of drug-likeness (QED) is 0.286. The van der Waals surface area contributed by atoms with Gasteiger partial charge in [0, 0.05) is 0 Å². The zero-order valence-electron chi connectivity index (χ0n) is 7.79. The maximum Gasteiger partial charge on any atom is 0.394 e. The minimum atomic E-state index is -4.67. The molecule has 0 saturated carbocycles. The van der Waals surface area contributed by atoms with Gasteiger partial charge in [-0.1, -0.05) is 18.2 Å². The monoisotopic (exact) mass is 251 g/mol. The molecule has 0 atom stereocenters. The fraction of sp³-hybridized carbons (Fsp3) is 0. The van der Waals surface area contributed by atoms with Crippen LogP contribution in [0, 0.1) is 10.1 Å². The third-order valence-corrected chi connectivity index (χ3v) is 1.20. The Hall–Kier alpha value is -1.75. The van der Waals surface area contributed by atoms with E-state index in [0.29, 0.717) is 10.8 Å². The summed E-state index contributed by atoms with van der Waals surface area (Å²) in [6.07, 6.45) is 0. The molecule has 10 heteroatoms. The summed E-state index contributed by atoms with van der Waals surface area (Å²) in [5, 5.41) is 9.89. The summed E-state index contributed by atoms with van der Waals surface area (Å²) in [6, 6.07) is 8.24. The molecule has 0 bridgehead atoms. The van der Waals surface area contributed by atoms with Crippen molar-refractivity contribution in [1.29, 1.82) is 0 Å². The lowest BCUT2D eigenvalue weighted by molar-refractivity contribution is -0.496. The molecular weight excluding hydrogens is 242 g/mol. The van der Waals surface area contributed by atoms with Gasteiger partial charge in [0.05, 0.1) is 0 Å². The van der Waals surface area contributed by atoms with Crippen molar-refractivity contribution in [2.75, 3.05) is 5.12 Å². The standard InChI is InChI=1S/C6H7N3O2.H2O4S/c7-8(9(10)11)6-4-2-1-3-5-6;1-5(2,3)4/h1-5H,7H2;(H2,1,2,3,4). The van der Waals surface area contributed by atoms with E-state index < -0.39 is 15.4 Å². The van der Waals surface area contributed by atoms with Crippen molar-refractivity contribution in [1.82, 2.24) is 0 Å². The first-order valence-corrected chi connectivity index (χ1v) is 5.05. The smallest absolute Gasteiger partial charge is 0.264 e. The first-order chi connectivity index (χ1) is 7.22. The van der Waals surface area contributed by atoms with E-state index in [0.717, 1.165) is 0 Å². The molecule has 1 rings (SSSR count). The Kier molecular flexibility index (Phi) is 5.32. The van der Waals surface area contributed by atoms with Crippen LogP contribution in [-0.4, -0.2) is 22.6 Å². The minimum absolute atomic E-state index is 0.359. The largest absolute Gasteiger partial charge is 0.394 e. The van der Waals surface area contributed by atoms with Crippen molar-refractivity contribution in [2.45, 2.75) is 0 Å². The number of para-hydroxylation sites is 1. The van der Waals surface area contributed by atoms with Crippen LogP contribution < -0.4 is 11.0 Å². The topological polar surface area (TPSA) is 147 Å². The Labute approximate surface area is 90.8 Å². The lowest BCUT2D eigenvalue weighted by Crippen LogP contribution is -2.36. The van der Waals surface area contributed by atoms with Crippen molar-refractivity contribution < 1.29 is 22.6 Å². The number of hydrazine groups is 2. The maximum absolute atomic E-state index is 10.1. The van der Waals surface area contributed by atoms with Gasteiger partial charge < -0.3 is 0 Å². The first-order valence-electron chi connectivity index (χ1n) is 3.66. The molecule has 1 aromatic rings. The molecule has 0 aliphatic carbocycles. The Morgan fingerprint density at radius 3 is 1.94 bits per heavy atom. The van der Waals surface area contributed by atoms with Crippen LogP contribution in [-0.2, 0) is 10.4 Å². The second kappa shape index (κ2) is 5.97. The van der Waals surface area contributed by atoms with E-state index in [1.165, 1.54) is 0 Å². The van der Waals surface area contributed by atoms with E-state index >= 15 is 0 Å². The van der Waals surface area contributed by atoms with Gasteiger partial charge in [-0.15, -0.1) is 0 Å². The molecule has 0 spiro atoms. The van der Waals surface area contributed by atoms with E-state index in [4.69, 9.17) is 23.4 Å². The number of benzene rings is 1. The fourth-order valence-electron chi connectivity index (χ4n) is 0.675. The second-order valence-electron chi connectivity index (χ2n) is 2.37. The highest BCUT2D eigenvalue weighted by Gasteiger charge is 2.09. The van der Waals surface area contributed by atoms with E-state index in [2.05, 4.69) is 0 Å². The molecule has 0 aromatic heterocycles. The SMILES string of the molecule is NN(c1ccccc1)[N+](=O)[O-].O=S(=O)(O)O. The summed E-state index contributed by atoms with van der Waals surface area (Å²) in [6.45, 7) is 0. The lowest BCUT2D eigenvalue weighted by atomic mass is 10.3. The highest BCUT2D eigenvalue weighted by Crippen LogP contribution is 2.07. The van der Waals surface area contributed by atoms with Crippen LogP contribution in [0.5, 0.6) is 0 Å². The molecule has 1 aromatic carbocycles. The van der Waals surface area contributed by atoms with Crippen molar-refractivity contribution in [3.8, 4) is 0 Å². The van der Waals surface area contributed by atoms with Crippen LogP contribution in [0.15, 0.2) is 30.3 Å². The van der Waals surface area contributed by atoms with Gasteiger partial charge in [0.1, 0.15) is 5.69 Å². The molecule has 0 fully saturated rings. The minimum Gasteiger partial charge on any atom is -0.264 e. The van der Waals surface area contributed by atoms with E-state index in [-0.39, 0.29) is 0 Å².